The minimum absolute atomic E-state index is 0.273. The van der Waals surface area contributed by atoms with E-state index in [1.165, 1.54) is 6.21 Å². The molecule has 0 saturated carbocycles. The molecule has 1 amide bonds. The van der Waals surface area contributed by atoms with Crippen LogP contribution in [0.25, 0.3) is 0 Å². The summed E-state index contributed by atoms with van der Waals surface area (Å²) in [6.07, 6.45) is 0.564. The number of esters is 1. The van der Waals surface area contributed by atoms with Gasteiger partial charge in [-0.25, -0.2) is 10.2 Å². The minimum Gasteiger partial charge on any atom is -0.481 e. The number of hydrogen-bond acceptors (Lipinski definition) is 5. The van der Waals surface area contributed by atoms with Crippen LogP contribution in [0.2, 0.25) is 10.0 Å². The number of hydrazone groups is 1. The highest BCUT2D eigenvalue weighted by Gasteiger charge is 2.15. The molecule has 0 aliphatic heterocycles. The molecule has 1 N–H and O–H groups in total. The Bertz CT molecular complexity index is 1150. The number of amides is 1. The lowest BCUT2D eigenvalue weighted by Gasteiger charge is -2.13. The molecule has 164 valence electrons. The summed E-state index contributed by atoms with van der Waals surface area (Å²) in [7, 11) is 0. The van der Waals surface area contributed by atoms with E-state index in [4.69, 9.17) is 32.7 Å². The molecule has 3 rings (SSSR count). The average molecular weight is 536 g/mol. The molecule has 0 unspecified atom stereocenters. The van der Waals surface area contributed by atoms with Crippen LogP contribution >= 0.6 is 39.1 Å². The van der Waals surface area contributed by atoms with E-state index in [9.17, 15) is 9.59 Å². The molecule has 1 atom stereocenters. The van der Waals surface area contributed by atoms with Crippen LogP contribution in [0.4, 0.5) is 0 Å². The quantitative estimate of drug-likeness (QED) is 0.177. The molecule has 32 heavy (non-hydrogen) atoms. The Kier molecular flexibility index (Phi) is 8.27. The van der Waals surface area contributed by atoms with Gasteiger partial charge in [0.2, 0.25) is 0 Å². The second-order valence-corrected chi connectivity index (χ2v) is 8.32. The number of halogens is 3. The Morgan fingerprint density at radius 1 is 1.03 bits per heavy atom. The maximum Gasteiger partial charge on any atom is 0.343 e. The topological polar surface area (TPSA) is 77.0 Å². The molecule has 0 bridgehead atoms. The lowest BCUT2D eigenvalue weighted by atomic mass is 10.2. The Morgan fingerprint density at radius 3 is 2.50 bits per heavy atom. The highest BCUT2D eigenvalue weighted by atomic mass is 79.9. The minimum atomic E-state index is -0.810. The third-order valence-electron chi connectivity index (χ3n) is 4.11. The summed E-state index contributed by atoms with van der Waals surface area (Å²) in [6, 6.07) is 18.1. The van der Waals surface area contributed by atoms with E-state index in [0.717, 1.165) is 4.47 Å². The van der Waals surface area contributed by atoms with Crippen LogP contribution in [-0.2, 0) is 4.79 Å². The van der Waals surface area contributed by atoms with Crippen molar-refractivity contribution in [3.8, 4) is 11.5 Å². The van der Waals surface area contributed by atoms with E-state index in [0.29, 0.717) is 26.9 Å². The van der Waals surface area contributed by atoms with Crippen LogP contribution in [0.1, 0.15) is 22.8 Å². The zero-order valence-electron chi connectivity index (χ0n) is 16.7. The van der Waals surface area contributed by atoms with Crippen molar-refractivity contribution in [3.63, 3.8) is 0 Å². The van der Waals surface area contributed by atoms with E-state index in [2.05, 4.69) is 26.5 Å². The first-order chi connectivity index (χ1) is 15.3. The van der Waals surface area contributed by atoms with Crippen LogP contribution < -0.4 is 14.9 Å². The first-order valence-corrected chi connectivity index (χ1v) is 10.9. The maximum absolute atomic E-state index is 12.4. The van der Waals surface area contributed by atoms with Gasteiger partial charge >= 0.3 is 5.97 Å². The zero-order chi connectivity index (χ0) is 23.1. The van der Waals surface area contributed by atoms with Gasteiger partial charge in [0.25, 0.3) is 5.91 Å². The summed E-state index contributed by atoms with van der Waals surface area (Å²) in [5.74, 6) is -0.274. The van der Waals surface area contributed by atoms with Crippen LogP contribution in [0.5, 0.6) is 11.5 Å². The highest BCUT2D eigenvalue weighted by Crippen LogP contribution is 2.23. The van der Waals surface area contributed by atoms with Gasteiger partial charge in [0.05, 0.1) is 11.8 Å². The molecule has 6 nitrogen and oxygen atoms in total. The van der Waals surface area contributed by atoms with Gasteiger partial charge in [-0.3, -0.25) is 4.79 Å². The first-order valence-electron chi connectivity index (χ1n) is 9.34. The summed E-state index contributed by atoms with van der Waals surface area (Å²) in [6.45, 7) is 1.59. The van der Waals surface area contributed by atoms with Gasteiger partial charge in [0.1, 0.15) is 11.5 Å². The standard InChI is InChI=1S/C23H17BrCl2N2O4/c1-14(31-20-4-2-3-19(26)12-20)22(29)28-27-13-16-11-17(24)7-10-21(16)32-23(30)15-5-8-18(25)9-6-15/h2-14H,1H3,(H,28,29)/b27-13-/t14-/m0/s1. The predicted molar refractivity (Wildman–Crippen MR) is 128 cm³/mol. The molecule has 3 aromatic carbocycles. The Morgan fingerprint density at radius 2 is 1.78 bits per heavy atom. The van der Waals surface area contributed by atoms with E-state index < -0.39 is 18.0 Å². The maximum atomic E-state index is 12.4. The Labute approximate surface area is 203 Å². The van der Waals surface area contributed by atoms with Crippen molar-refractivity contribution in [2.24, 2.45) is 5.10 Å². The van der Waals surface area contributed by atoms with Crippen LogP contribution in [-0.4, -0.2) is 24.2 Å². The molecule has 0 fully saturated rings. The van der Waals surface area contributed by atoms with Crippen molar-refractivity contribution in [2.75, 3.05) is 0 Å². The fraction of sp³-hybridized carbons (Fsp3) is 0.0870. The van der Waals surface area contributed by atoms with E-state index in [1.807, 2.05) is 0 Å². The predicted octanol–water partition coefficient (Wildman–Crippen LogP) is 5.89. The van der Waals surface area contributed by atoms with Crippen molar-refractivity contribution < 1.29 is 19.1 Å². The average Bonchev–Trinajstić information content (AvgIpc) is 2.75. The largest absolute Gasteiger partial charge is 0.481 e. The number of hydrogen-bond donors (Lipinski definition) is 1. The Hall–Kier alpha value is -2.87. The second-order valence-electron chi connectivity index (χ2n) is 6.53. The molecule has 0 saturated heterocycles. The van der Waals surface area contributed by atoms with Crippen molar-refractivity contribution in [1.29, 1.82) is 0 Å². The normalized spacial score (nSPS) is 11.8. The fourth-order valence-electron chi connectivity index (χ4n) is 2.51. The zero-order valence-corrected chi connectivity index (χ0v) is 19.8. The van der Waals surface area contributed by atoms with Crippen LogP contribution in [0.15, 0.2) is 76.3 Å². The molecular formula is C23H17BrCl2N2O4. The molecule has 0 spiro atoms. The van der Waals surface area contributed by atoms with Crippen molar-refractivity contribution in [2.45, 2.75) is 13.0 Å². The third kappa shape index (κ3) is 6.82. The van der Waals surface area contributed by atoms with Crippen molar-refractivity contribution >= 4 is 57.2 Å². The number of carbonyl (C=O) groups excluding carboxylic acids is 2. The van der Waals surface area contributed by atoms with Gasteiger partial charge in [-0.1, -0.05) is 45.2 Å². The number of carbonyl (C=O) groups is 2. The summed E-state index contributed by atoms with van der Waals surface area (Å²) >= 11 is 15.1. The van der Waals surface area contributed by atoms with Crippen LogP contribution in [0, 0.1) is 0 Å². The molecule has 9 heteroatoms. The fourth-order valence-corrected chi connectivity index (χ4v) is 3.20. The number of benzene rings is 3. The number of rotatable bonds is 7. The molecule has 0 aliphatic carbocycles. The van der Waals surface area contributed by atoms with Gasteiger partial charge in [-0.2, -0.15) is 5.10 Å². The summed E-state index contributed by atoms with van der Waals surface area (Å²) in [4.78, 5) is 24.7. The van der Waals surface area contributed by atoms with Crippen molar-refractivity contribution in [3.05, 3.63) is 92.4 Å². The van der Waals surface area contributed by atoms with Crippen LogP contribution in [0.3, 0.4) is 0 Å². The number of nitrogens with one attached hydrogen (secondary N) is 1. The second kappa shape index (κ2) is 11.1. The monoisotopic (exact) mass is 534 g/mol. The highest BCUT2D eigenvalue weighted by molar-refractivity contribution is 9.10. The molecular weight excluding hydrogens is 519 g/mol. The van der Waals surface area contributed by atoms with Crippen molar-refractivity contribution in [1.82, 2.24) is 5.43 Å². The lowest BCUT2D eigenvalue weighted by molar-refractivity contribution is -0.127. The molecule has 0 aromatic heterocycles. The lowest BCUT2D eigenvalue weighted by Crippen LogP contribution is -2.33. The SMILES string of the molecule is C[C@H](Oc1cccc(Cl)c1)C(=O)N/N=C\c1cc(Br)ccc1OC(=O)c1ccc(Cl)cc1. The molecule has 0 radical (unpaired) electrons. The third-order valence-corrected chi connectivity index (χ3v) is 5.09. The number of nitrogens with zero attached hydrogens (tertiary/aromatic N) is 1. The van der Waals surface area contributed by atoms with E-state index >= 15 is 0 Å². The van der Waals surface area contributed by atoms with E-state index in [1.54, 1.807) is 73.7 Å². The summed E-state index contributed by atoms with van der Waals surface area (Å²) < 4.78 is 11.8. The molecule has 0 aliphatic rings. The smallest absolute Gasteiger partial charge is 0.343 e. The van der Waals surface area contributed by atoms with Gasteiger partial charge < -0.3 is 9.47 Å². The van der Waals surface area contributed by atoms with Gasteiger partial charge in [-0.05, 0) is 67.6 Å². The summed E-state index contributed by atoms with van der Waals surface area (Å²) in [5.41, 5.74) is 3.23. The van der Waals surface area contributed by atoms with Gasteiger partial charge in [0.15, 0.2) is 6.10 Å². The van der Waals surface area contributed by atoms with E-state index in [-0.39, 0.29) is 5.75 Å². The summed E-state index contributed by atoms with van der Waals surface area (Å²) in [5, 5.41) is 4.97. The van der Waals surface area contributed by atoms with Gasteiger partial charge in [0, 0.05) is 20.1 Å². The first kappa shape index (κ1) is 23.8. The van der Waals surface area contributed by atoms with Gasteiger partial charge in [-0.15, -0.1) is 0 Å². The molecule has 3 aromatic rings. The Balaban J connectivity index is 1.65. The number of ether oxygens (including phenoxy) is 2. The molecule has 0 heterocycles.